The van der Waals surface area contributed by atoms with Gasteiger partial charge in [0.25, 0.3) is 0 Å². The number of carbonyl (C=O) groups is 1. The standard InChI is InChI=1S/C8H18N2O/c1-4-5-6-10(3)8(11)7(2)9/h7H,4-6,9H2,1-3H3. The number of hydrogen-bond donors (Lipinski definition) is 1. The number of nitrogens with two attached hydrogens (primary N) is 1. The highest BCUT2D eigenvalue weighted by Gasteiger charge is 2.11. The fraction of sp³-hybridized carbons (Fsp3) is 0.875. The first-order valence-corrected chi connectivity index (χ1v) is 4.10. The Morgan fingerprint density at radius 3 is 2.55 bits per heavy atom. The molecule has 0 aliphatic carbocycles. The Labute approximate surface area is 68.6 Å². The van der Waals surface area contributed by atoms with E-state index in [0.717, 1.165) is 19.4 Å². The Balaban J connectivity index is 3.64. The second kappa shape index (κ2) is 5.13. The molecule has 0 rings (SSSR count). The molecule has 0 aliphatic heterocycles. The Morgan fingerprint density at radius 1 is 1.64 bits per heavy atom. The molecule has 0 heterocycles. The zero-order valence-corrected chi connectivity index (χ0v) is 7.63. The predicted octanol–water partition coefficient (Wildman–Crippen LogP) is 0.592. The summed E-state index contributed by atoms with van der Waals surface area (Å²) in [7, 11) is 1.79. The lowest BCUT2D eigenvalue weighted by Gasteiger charge is -2.18. The minimum Gasteiger partial charge on any atom is -0.344 e. The van der Waals surface area contributed by atoms with E-state index in [0.29, 0.717) is 0 Å². The number of hydrogen-bond acceptors (Lipinski definition) is 2. The molecule has 0 aromatic carbocycles. The molecule has 0 bridgehead atoms. The van der Waals surface area contributed by atoms with Crippen LogP contribution >= 0.6 is 0 Å². The fourth-order valence-corrected chi connectivity index (χ4v) is 0.853. The Bertz CT molecular complexity index is 123. The summed E-state index contributed by atoms with van der Waals surface area (Å²) in [5.74, 6) is 0.0263. The highest BCUT2D eigenvalue weighted by atomic mass is 16.2. The number of amides is 1. The van der Waals surface area contributed by atoms with Crippen LogP contribution in [0.25, 0.3) is 0 Å². The topological polar surface area (TPSA) is 46.3 Å². The van der Waals surface area contributed by atoms with Crippen LogP contribution in [0.5, 0.6) is 0 Å². The summed E-state index contributed by atoms with van der Waals surface area (Å²) in [4.78, 5) is 12.8. The second-order valence-electron chi connectivity index (χ2n) is 2.90. The second-order valence-corrected chi connectivity index (χ2v) is 2.90. The molecule has 0 aromatic rings. The highest BCUT2D eigenvalue weighted by molar-refractivity contribution is 5.80. The quantitative estimate of drug-likeness (QED) is 0.651. The first kappa shape index (κ1) is 10.4. The van der Waals surface area contributed by atoms with E-state index in [2.05, 4.69) is 6.92 Å². The van der Waals surface area contributed by atoms with Crippen molar-refractivity contribution >= 4 is 5.91 Å². The van der Waals surface area contributed by atoms with Gasteiger partial charge in [-0.3, -0.25) is 4.79 Å². The molecule has 0 aromatic heterocycles. The van der Waals surface area contributed by atoms with Crippen LogP contribution in [0.2, 0.25) is 0 Å². The van der Waals surface area contributed by atoms with Crippen molar-refractivity contribution in [1.29, 1.82) is 0 Å². The van der Waals surface area contributed by atoms with Gasteiger partial charge >= 0.3 is 0 Å². The molecule has 2 N–H and O–H groups in total. The minimum atomic E-state index is -0.364. The van der Waals surface area contributed by atoms with Crippen molar-refractivity contribution in [1.82, 2.24) is 4.90 Å². The van der Waals surface area contributed by atoms with Gasteiger partial charge in [0.05, 0.1) is 6.04 Å². The summed E-state index contributed by atoms with van der Waals surface area (Å²) in [5.41, 5.74) is 5.42. The highest BCUT2D eigenvalue weighted by Crippen LogP contribution is 1.93. The van der Waals surface area contributed by atoms with E-state index in [-0.39, 0.29) is 11.9 Å². The van der Waals surface area contributed by atoms with Crippen LogP contribution in [0.3, 0.4) is 0 Å². The van der Waals surface area contributed by atoms with Crippen molar-refractivity contribution in [3.8, 4) is 0 Å². The van der Waals surface area contributed by atoms with Crippen molar-refractivity contribution in [2.24, 2.45) is 5.73 Å². The van der Waals surface area contributed by atoms with E-state index in [4.69, 9.17) is 5.73 Å². The molecular weight excluding hydrogens is 140 g/mol. The minimum absolute atomic E-state index is 0.0263. The first-order valence-electron chi connectivity index (χ1n) is 4.10. The van der Waals surface area contributed by atoms with Crippen molar-refractivity contribution in [2.45, 2.75) is 32.7 Å². The van der Waals surface area contributed by atoms with Gasteiger partial charge in [-0.25, -0.2) is 0 Å². The van der Waals surface area contributed by atoms with Crippen LogP contribution in [-0.2, 0) is 4.79 Å². The molecule has 1 amide bonds. The van der Waals surface area contributed by atoms with Crippen LogP contribution < -0.4 is 5.73 Å². The van der Waals surface area contributed by atoms with Crippen LogP contribution in [0, 0.1) is 0 Å². The van der Waals surface area contributed by atoms with Gasteiger partial charge in [0, 0.05) is 13.6 Å². The largest absolute Gasteiger partial charge is 0.344 e. The molecule has 3 heteroatoms. The molecule has 0 fully saturated rings. The lowest BCUT2D eigenvalue weighted by molar-refractivity contribution is -0.130. The molecule has 11 heavy (non-hydrogen) atoms. The molecule has 0 radical (unpaired) electrons. The molecule has 66 valence electrons. The smallest absolute Gasteiger partial charge is 0.238 e. The Morgan fingerprint density at radius 2 is 2.18 bits per heavy atom. The Kier molecular flexibility index (Phi) is 4.86. The van der Waals surface area contributed by atoms with Crippen molar-refractivity contribution in [3.63, 3.8) is 0 Å². The van der Waals surface area contributed by atoms with Crippen LogP contribution in [-0.4, -0.2) is 30.4 Å². The van der Waals surface area contributed by atoms with Crippen molar-refractivity contribution in [3.05, 3.63) is 0 Å². The van der Waals surface area contributed by atoms with Crippen molar-refractivity contribution < 1.29 is 4.79 Å². The average molecular weight is 158 g/mol. The van der Waals surface area contributed by atoms with E-state index in [9.17, 15) is 4.79 Å². The molecule has 1 atom stereocenters. The van der Waals surface area contributed by atoms with Crippen molar-refractivity contribution in [2.75, 3.05) is 13.6 Å². The van der Waals surface area contributed by atoms with E-state index in [1.54, 1.807) is 18.9 Å². The first-order chi connectivity index (χ1) is 5.09. The third-order valence-corrected chi connectivity index (χ3v) is 1.61. The number of rotatable bonds is 4. The van der Waals surface area contributed by atoms with E-state index >= 15 is 0 Å². The normalized spacial score (nSPS) is 12.7. The summed E-state index contributed by atoms with van der Waals surface area (Å²) in [6.07, 6.45) is 2.16. The maximum absolute atomic E-state index is 11.1. The summed E-state index contributed by atoms with van der Waals surface area (Å²) in [5, 5.41) is 0. The van der Waals surface area contributed by atoms with Gasteiger partial charge in [0.2, 0.25) is 5.91 Å². The molecular formula is C8H18N2O. The van der Waals surface area contributed by atoms with Gasteiger partial charge in [0.15, 0.2) is 0 Å². The van der Waals surface area contributed by atoms with Gasteiger partial charge in [-0.2, -0.15) is 0 Å². The zero-order chi connectivity index (χ0) is 8.85. The summed E-state index contributed by atoms with van der Waals surface area (Å²) >= 11 is 0. The van der Waals surface area contributed by atoms with E-state index in [1.807, 2.05) is 0 Å². The van der Waals surface area contributed by atoms with Gasteiger partial charge in [-0.15, -0.1) is 0 Å². The number of nitrogens with zero attached hydrogens (tertiary/aromatic N) is 1. The molecule has 0 aliphatic rings. The van der Waals surface area contributed by atoms with E-state index in [1.165, 1.54) is 0 Å². The number of carbonyl (C=O) groups excluding carboxylic acids is 1. The maximum atomic E-state index is 11.1. The van der Waals surface area contributed by atoms with Crippen LogP contribution in [0.4, 0.5) is 0 Å². The van der Waals surface area contributed by atoms with Gasteiger partial charge < -0.3 is 10.6 Å². The molecule has 3 nitrogen and oxygen atoms in total. The van der Waals surface area contributed by atoms with Gasteiger partial charge in [-0.05, 0) is 13.3 Å². The van der Waals surface area contributed by atoms with Gasteiger partial charge in [0.1, 0.15) is 0 Å². The average Bonchev–Trinajstić information content (AvgIpc) is 1.98. The number of unbranched alkanes of at least 4 members (excludes halogenated alkanes) is 1. The third-order valence-electron chi connectivity index (χ3n) is 1.61. The predicted molar refractivity (Wildman–Crippen MR) is 46.2 cm³/mol. The van der Waals surface area contributed by atoms with Crippen LogP contribution in [0.1, 0.15) is 26.7 Å². The molecule has 0 saturated carbocycles. The number of likely N-dealkylation sites (N-methyl/N-ethyl adjacent to an activating group) is 1. The lowest BCUT2D eigenvalue weighted by Crippen LogP contribution is -2.40. The summed E-state index contributed by atoms with van der Waals surface area (Å²) < 4.78 is 0. The maximum Gasteiger partial charge on any atom is 0.238 e. The Hall–Kier alpha value is -0.570. The third kappa shape index (κ3) is 3.98. The van der Waals surface area contributed by atoms with Gasteiger partial charge in [-0.1, -0.05) is 13.3 Å². The molecule has 0 saturated heterocycles. The van der Waals surface area contributed by atoms with Crippen LogP contribution in [0.15, 0.2) is 0 Å². The molecule has 1 unspecified atom stereocenters. The SMILES string of the molecule is CCCCN(C)C(=O)C(C)N. The fourth-order valence-electron chi connectivity index (χ4n) is 0.853. The zero-order valence-electron chi connectivity index (χ0n) is 7.63. The summed E-state index contributed by atoms with van der Waals surface area (Å²) in [6, 6.07) is -0.364. The summed E-state index contributed by atoms with van der Waals surface area (Å²) in [6.45, 7) is 4.63. The van der Waals surface area contributed by atoms with E-state index < -0.39 is 0 Å². The molecule has 0 spiro atoms. The lowest BCUT2D eigenvalue weighted by atomic mass is 10.3. The monoisotopic (exact) mass is 158 g/mol.